The van der Waals surface area contributed by atoms with Crippen molar-refractivity contribution < 1.29 is 9.53 Å². The first kappa shape index (κ1) is 11.7. The Kier molecular flexibility index (Phi) is 4.30. The van der Waals surface area contributed by atoms with Gasteiger partial charge in [0.2, 0.25) is 0 Å². The van der Waals surface area contributed by atoms with E-state index in [1.54, 1.807) is 6.92 Å². The molecule has 1 saturated heterocycles. The lowest BCUT2D eigenvalue weighted by Crippen LogP contribution is -2.21. The SMILES string of the molecule is CC(C=C(N)C(N)=O)=NCC1CCCO1. The molecule has 0 aromatic heterocycles. The highest BCUT2D eigenvalue weighted by molar-refractivity contribution is 6.01. The van der Waals surface area contributed by atoms with Crippen LogP contribution in [-0.2, 0) is 9.53 Å². The summed E-state index contributed by atoms with van der Waals surface area (Å²) in [4.78, 5) is 14.9. The van der Waals surface area contributed by atoms with Crippen molar-refractivity contribution in [3.63, 3.8) is 0 Å². The lowest BCUT2D eigenvalue weighted by Gasteiger charge is -2.05. The second kappa shape index (κ2) is 5.50. The smallest absolute Gasteiger partial charge is 0.264 e. The number of ether oxygens (including phenoxy) is 1. The Balaban J connectivity index is 2.44. The van der Waals surface area contributed by atoms with Gasteiger partial charge in [-0.2, -0.15) is 0 Å². The van der Waals surface area contributed by atoms with Crippen LogP contribution in [0.25, 0.3) is 0 Å². The van der Waals surface area contributed by atoms with Crippen molar-refractivity contribution in [2.24, 2.45) is 16.5 Å². The van der Waals surface area contributed by atoms with Crippen molar-refractivity contribution in [1.29, 1.82) is 0 Å². The Morgan fingerprint density at radius 3 is 2.87 bits per heavy atom. The van der Waals surface area contributed by atoms with Crippen LogP contribution >= 0.6 is 0 Å². The maximum absolute atomic E-state index is 10.6. The van der Waals surface area contributed by atoms with E-state index in [-0.39, 0.29) is 11.8 Å². The van der Waals surface area contributed by atoms with Gasteiger partial charge in [-0.1, -0.05) is 0 Å². The number of nitrogens with zero attached hydrogens (tertiary/aromatic N) is 1. The summed E-state index contributed by atoms with van der Waals surface area (Å²) in [5.74, 6) is -0.623. The zero-order valence-corrected chi connectivity index (χ0v) is 8.90. The van der Waals surface area contributed by atoms with E-state index in [1.807, 2.05) is 0 Å². The van der Waals surface area contributed by atoms with E-state index in [0.717, 1.165) is 19.4 Å². The van der Waals surface area contributed by atoms with Crippen LogP contribution in [0.4, 0.5) is 0 Å². The van der Waals surface area contributed by atoms with Crippen LogP contribution in [0, 0.1) is 0 Å². The fourth-order valence-corrected chi connectivity index (χ4v) is 1.38. The van der Waals surface area contributed by atoms with E-state index in [4.69, 9.17) is 16.2 Å². The van der Waals surface area contributed by atoms with E-state index in [0.29, 0.717) is 12.3 Å². The normalized spacial score (nSPS) is 23.1. The Morgan fingerprint density at radius 1 is 1.60 bits per heavy atom. The summed E-state index contributed by atoms with van der Waals surface area (Å²) in [5.41, 5.74) is 11.1. The van der Waals surface area contributed by atoms with Gasteiger partial charge in [-0.15, -0.1) is 0 Å². The zero-order chi connectivity index (χ0) is 11.3. The van der Waals surface area contributed by atoms with E-state index in [2.05, 4.69) is 4.99 Å². The van der Waals surface area contributed by atoms with Crippen molar-refractivity contribution >= 4 is 11.6 Å². The van der Waals surface area contributed by atoms with Crippen LogP contribution in [-0.4, -0.2) is 30.9 Å². The molecule has 4 N–H and O–H groups in total. The fraction of sp³-hybridized carbons (Fsp3) is 0.600. The highest BCUT2D eigenvalue weighted by Gasteiger charge is 2.14. The quantitative estimate of drug-likeness (QED) is 0.504. The third-order valence-corrected chi connectivity index (χ3v) is 2.22. The molecule has 0 aliphatic carbocycles. The summed E-state index contributed by atoms with van der Waals surface area (Å²) in [5, 5.41) is 0. The molecular weight excluding hydrogens is 194 g/mol. The van der Waals surface area contributed by atoms with Gasteiger partial charge in [-0.3, -0.25) is 9.79 Å². The molecule has 1 rings (SSSR count). The summed E-state index contributed by atoms with van der Waals surface area (Å²) in [6.45, 7) is 3.22. The van der Waals surface area contributed by atoms with Gasteiger partial charge < -0.3 is 16.2 Å². The minimum atomic E-state index is -0.623. The van der Waals surface area contributed by atoms with E-state index in [1.165, 1.54) is 6.08 Å². The van der Waals surface area contributed by atoms with Gasteiger partial charge in [-0.05, 0) is 25.8 Å². The first-order valence-corrected chi connectivity index (χ1v) is 4.99. The molecule has 1 aliphatic heterocycles. The molecule has 5 heteroatoms. The molecule has 1 fully saturated rings. The molecule has 1 amide bonds. The minimum absolute atomic E-state index is 0.0311. The maximum Gasteiger partial charge on any atom is 0.264 e. The minimum Gasteiger partial charge on any atom is -0.394 e. The van der Waals surface area contributed by atoms with Gasteiger partial charge >= 0.3 is 0 Å². The molecule has 0 spiro atoms. The molecule has 84 valence electrons. The Hall–Kier alpha value is -1.36. The van der Waals surface area contributed by atoms with Crippen LogP contribution in [0.2, 0.25) is 0 Å². The summed E-state index contributed by atoms with van der Waals surface area (Å²) >= 11 is 0. The molecule has 15 heavy (non-hydrogen) atoms. The van der Waals surface area contributed by atoms with Gasteiger partial charge in [0.1, 0.15) is 0 Å². The number of aliphatic imine (C=N–C) groups is 1. The second-order valence-electron chi connectivity index (χ2n) is 3.58. The third-order valence-electron chi connectivity index (χ3n) is 2.22. The van der Waals surface area contributed by atoms with Crippen molar-refractivity contribution in [3.8, 4) is 0 Å². The maximum atomic E-state index is 10.6. The predicted molar refractivity (Wildman–Crippen MR) is 58.4 cm³/mol. The molecule has 1 heterocycles. The number of primary amides is 1. The Labute approximate surface area is 89.2 Å². The standard InChI is InChI=1S/C10H17N3O2/c1-7(5-9(11)10(12)14)13-6-8-3-2-4-15-8/h5,8H,2-4,6,11H2,1H3,(H2,12,14). The number of carbonyl (C=O) groups excluding carboxylic acids is 1. The average Bonchev–Trinajstić information content (AvgIpc) is 2.66. The molecule has 0 bridgehead atoms. The van der Waals surface area contributed by atoms with Crippen LogP contribution in [0.5, 0.6) is 0 Å². The third kappa shape index (κ3) is 4.12. The first-order chi connectivity index (χ1) is 7.09. The number of amides is 1. The van der Waals surface area contributed by atoms with Gasteiger partial charge in [0, 0.05) is 12.3 Å². The van der Waals surface area contributed by atoms with E-state index >= 15 is 0 Å². The fourth-order valence-electron chi connectivity index (χ4n) is 1.38. The summed E-state index contributed by atoms with van der Waals surface area (Å²) < 4.78 is 5.41. The van der Waals surface area contributed by atoms with Gasteiger partial charge in [0.15, 0.2) is 0 Å². The van der Waals surface area contributed by atoms with Crippen LogP contribution in [0.3, 0.4) is 0 Å². The Bertz CT molecular complexity index is 291. The number of carbonyl (C=O) groups is 1. The number of rotatable bonds is 4. The molecule has 0 saturated carbocycles. The average molecular weight is 211 g/mol. The monoisotopic (exact) mass is 211 g/mol. The van der Waals surface area contributed by atoms with Crippen LogP contribution in [0.15, 0.2) is 16.8 Å². The molecule has 5 nitrogen and oxygen atoms in total. The van der Waals surface area contributed by atoms with E-state index < -0.39 is 5.91 Å². The number of allylic oxidation sites excluding steroid dienone is 1. The lowest BCUT2D eigenvalue weighted by molar-refractivity contribution is -0.114. The summed E-state index contributed by atoms with van der Waals surface area (Å²) in [6.07, 6.45) is 3.84. The molecule has 0 radical (unpaired) electrons. The van der Waals surface area contributed by atoms with Gasteiger partial charge in [0.25, 0.3) is 5.91 Å². The van der Waals surface area contributed by atoms with Crippen LogP contribution in [0.1, 0.15) is 19.8 Å². The second-order valence-corrected chi connectivity index (χ2v) is 3.58. The van der Waals surface area contributed by atoms with Crippen LogP contribution < -0.4 is 11.5 Å². The molecule has 0 aromatic rings. The van der Waals surface area contributed by atoms with Gasteiger partial charge in [-0.25, -0.2) is 0 Å². The predicted octanol–water partition coefficient (Wildman–Crippen LogP) is -0.0458. The number of hydrogen-bond acceptors (Lipinski definition) is 4. The first-order valence-electron chi connectivity index (χ1n) is 4.99. The van der Waals surface area contributed by atoms with Gasteiger partial charge in [0.05, 0.1) is 18.3 Å². The highest BCUT2D eigenvalue weighted by atomic mass is 16.5. The number of nitrogens with two attached hydrogens (primary N) is 2. The molecule has 1 aliphatic rings. The largest absolute Gasteiger partial charge is 0.394 e. The lowest BCUT2D eigenvalue weighted by atomic mass is 10.2. The molecular formula is C10H17N3O2. The zero-order valence-electron chi connectivity index (χ0n) is 8.90. The highest BCUT2D eigenvalue weighted by Crippen LogP contribution is 2.11. The summed E-state index contributed by atoms with van der Waals surface area (Å²) in [7, 11) is 0. The number of hydrogen-bond donors (Lipinski definition) is 2. The van der Waals surface area contributed by atoms with Crippen molar-refractivity contribution in [3.05, 3.63) is 11.8 Å². The summed E-state index contributed by atoms with van der Waals surface area (Å²) in [6, 6.07) is 0. The topological polar surface area (TPSA) is 90.7 Å². The molecule has 1 atom stereocenters. The van der Waals surface area contributed by atoms with E-state index in [9.17, 15) is 4.79 Å². The Morgan fingerprint density at radius 2 is 2.33 bits per heavy atom. The van der Waals surface area contributed by atoms with Crippen molar-refractivity contribution in [2.75, 3.05) is 13.2 Å². The molecule has 0 aromatic carbocycles. The van der Waals surface area contributed by atoms with Crippen molar-refractivity contribution in [1.82, 2.24) is 0 Å². The molecule has 1 unspecified atom stereocenters. The van der Waals surface area contributed by atoms with Crippen molar-refractivity contribution in [2.45, 2.75) is 25.9 Å².